The third kappa shape index (κ3) is 1.84. The van der Waals surface area contributed by atoms with E-state index in [1.54, 1.807) is 6.08 Å². The van der Waals surface area contributed by atoms with Gasteiger partial charge in [-0.2, -0.15) is 0 Å². The van der Waals surface area contributed by atoms with Crippen LogP contribution in [-0.4, -0.2) is 34.0 Å². The van der Waals surface area contributed by atoms with Crippen LogP contribution < -0.4 is 5.32 Å². The molecular formula is C15H27NO2. The fourth-order valence-corrected chi connectivity index (χ4v) is 3.85. The molecule has 3 N–H and O–H groups in total. The van der Waals surface area contributed by atoms with Gasteiger partial charge in [0.05, 0.1) is 0 Å². The van der Waals surface area contributed by atoms with Gasteiger partial charge in [0.1, 0.15) is 11.2 Å². The van der Waals surface area contributed by atoms with Gasteiger partial charge in [0.25, 0.3) is 0 Å². The highest BCUT2D eigenvalue weighted by Crippen LogP contribution is 2.66. The smallest absolute Gasteiger partial charge is 0.123 e. The summed E-state index contributed by atoms with van der Waals surface area (Å²) in [6, 6.07) is 0.786. The maximum Gasteiger partial charge on any atom is 0.123 e. The molecule has 0 amide bonds. The number of hydrogen-bond acceptors (Lipinski definition) is 3. The van der Waals surface area contributed by atoms with E-state index in [2.05, 4.69) is 12.2 Å². The molecule has 3 atom stereocenters. The van der Waals surface area contributed by atoms with Crippen molar-refractivity contribution in [3.05, 3.63) is 11.6 Å². The Bertz CT molecular complexity index is 358. The molecule has 1 heterocycles. The van der Waals surface area contributed by atoms with Gasteiger partial charge in [0, 0.05) is 11.5 Å². The number of piperidine rings is 1. The lowest BCUT2D eigenvalue weighted by Crippen LogP contribution is -2.78. The molecule has 1 saturated carbocycles. The Labute approximate surface area is 110 Å². The first-order valence-corrected chi connectivity index (χ1v) is 7.11. The van der Waals surface area contributed by atoms with E-state index in [0.717, 1.165) is 11.6 Å². The van der Waals surface area contributed by atoms with Gasteiger partial charge in [0.2, 0.25) is 0 Å². The summed E-state index contributed by atoms with van der Waals surface area (Å²) in [6.07, 6.45) is 6.62. The molecule has 3 unspecified atom stereocenters. The van der Waals surface area contributed by atoms with Crippen molar-refractivity contribution in [3.63, 3.8) is 0 Å². The first-order chi connectivity index (χ1) is 8.23. The highest BCUT2D eigenvalue weighted by molar-refractivity contribution is 5.49. The van der Waals surface area contributed by atoms with E-state index in [4.69, 9.17) is 0 Å². The van der Waals surface area contributed by atoms with Gasteiger partial charge in [-0.1, -0.05) is 20.3 Å². The Morgan fingerprint density at radius 2 is 1.94 bits per heavy atom. The van der Waals surface area contributed by atoms with Crippen molar-refractivity contribution in [2.45, 2.75) is 70.6 Å². The van der Waals surface area contributed by atoms with Crippen molar-refractivity contribution in [3.8, 4) is 0 Å². The molecule has 0 aromatic rings. The summed E-state index contributed by atoms with van der Waals surface area (Å²) in [5.74, 6) is 0. The molecule has 0 aromatic heterocycles. The Morgan fingerprint density at radius 3 is 2.17 bits per heavy atom. The second kappa shape index (κ2) is 4.32. The molecule has 0 radical (unpaired) electrons. The zero-order chi connectivity index (χ0) is 13.6. The Hall–Kier alpha value is -0.380. The highest BCUT2D eigenvalue weighted by Gasteiger charge is 2.73. The van der Waals surface area contributed by atoms with E-state index < -0.39 is 11.2 Å². The van der Waals surface area contributed by atoms with Crippen LogP contribution >= 0.6 is 0 Å². The summed E-state index contributed by atoms with van der Waals surface area (Å²) < 4.78 is 0. The molecule has 3 heteroatoms. The molecule has 1 saturated heterocycles. The molecule has 3 aliphatic rings. The lowest BCUT2D eigenvalue weighted by molar-refractivity contribution is -0.274. The summed E-state index contributed by atoms with van der Waals surface area (Å²) in [6.45, 7) is 9.33. The summed E-state index contributed by atoms with van der Waals surface area (Å²) in [4.78, 5) is 0. The lowest BCUT2D eigenvalue weighted by Gasteiger charge is -2.69. The minimum atomic E-state index is -0.931. The van der Waals surface area contributed by atoms with Crippen molar-refractivity contribution >= 4 is 0 Å². The molecule has 2 fully saturated rings. The Morgan fingerprint density at radius 1 is 1.28 bits per heavy atom. The standard InChI is InChI=1S/C9H14O2.C6H13N/c1-6-4-8(10)5-7(2,3)9(6,8)11;1-6-4-2-3-5-7-6/h4,10-11H,5H2,1-3H3;6-7H,2-5H2,1H3. The maximum absolute atomic E-state index is 10.0. The van der Waals surface area contributed by atoms with Crippen molar-refractivity contribution in [2.24, 2.45) is 5.41 Å². The number of nitrogens with one attached hydrogen (secondary N) is 1. The minimum Gasteiger partial charge on any atom is -0.382 e. The van der Waals surface area contributed by atoms with Crippen LogP contribution in [0.3, 0.4) is 0 Å². The third-order valence-electron chi connectivity index (χ3n) is 4.90. The molecular weight excluding hydrogens is 226 g/mol. The van der Waals surface area contributed by atoms with Crippen molar-refractivity contribution < 1.29 is 10.2 Å². The number of hydrogen-bond donors (Lipinski definition) is 3. The molecule has 2 aliphatic carbocycles. The zero-order valence-corrected chi connectivity index (χ0v) is 12.1. The van der Waals surface area contributed by atoms with Gasteiger partial charge >= 0.3 is 0 Å². The molecule has 18 heavy (non-hydrogen) atoms. The van der Waals surface area contributed by atoms with Gasteiger partial charge < -0.3 is 15.5 Å². The van der Waals surface area contributed by atoms with Gasteiger partial charge in [-0.05, 0) is 51.3 Å². The minimum absolute atomic E-state index is 0.152. The fourth-order valence-electron chi connectivity index (χ4n) is 3.85. The van der Waals surface area contributed by atoms with Gasteiger partial charge in [-0.25, -0.2) is 0 Å². The van der Waals surface area contributed by atoms with Crippen LogP contribution in [0.4, 0.5) is 0 Å². The second-order valence-electron chi connectivity index (χ2n) is 6.87. The Balaban J connectivity index is 0.000000149. The average Bonchev–Trinajstić information content (AvgIpc) is 2.29. The Kier molecular flexibility index (Phi) is 3.37. The molecule has 0 spiro atoms. The second-order valence-corrected chi connectivity index (χ2v) is 6.87. The van der Waals surface area contributed by atoms with E-state index in [9.17, 15) is 10.2 Å². The molecule has 3 nitrogen and oxygen atoms in total. The van der Waals surface area contributed by atoms with Crippen molar-refractivity contribution in [1.29, 1.82) is 0 Å². The maximum atomic E-state index is 10.0. The molecule has 0 aromatic carbocycles. The molecule has 1 aliphatic heterocycles. The summed E-state index contributed by atoms with van der Waals surface area (Å²) >= 11 is 0. The van der Waals surface area contributed by atoms with Crippen LogP contribution in [-0.2, 0) is 0 Å². The molecule has 104 valence electrons. The first kappa shape index (κ1) is 14.0. The van der Waals surface area contributed by atoms with Crippen LogP contribution in [0.5, 0.6) is 0 Å². The van der Waals surface area contributed by atoms with Crippen LogP contribution in [0.15, 0.2) is 11.6 Å². The van der Waals surface area contributed by atoms with E-state index in [0.29, 0.717) is 6.42 Å². The summed E-state index contributed by atoms with van der Waals surface area (Å²) in [5, 5.41) is 23.1. The van der Waals surface area contributed by atoms with E-state index in [-0.39, 0.29) is 5.41 Å². The van der Waals surface area contributed by atoms with Crippen LogP contribution in [0.2, 0.25) is 0 Å². The van der Waals surface area contributed by atoms with Crippen LogP contribution in [0, 0.1) is 5.41 Å². The quantitative estimate of drug-likeness (QED) is 0.579. The largest absolute Gasteiger partial charge is 0.382 e. The predicted octanol–water partition coefficient (Wildman–Crippen LogP) is 1.99. The third-order valence-corrected chi connectivity index (χ3v) is 4.90. The SMILES string of the molecule is CC1=CC2(O)CC(C)(C)C12O.CC1CCCCN1. The zero-order valence-electron chi connectivity index (χ0n) is 12.1. The van der Waals surface area contributed by atoms with Crippen molar-refractivity contribution in [1.82, 2.24) is 5.32 Å². The topological polar surface area (TPSA) is 52.5 Å². The van der Waals surface area contributed by atoms with E-state index >= 15 is 0 Å². The van der Waals surface area contributed by atoms with E-state index in [1.807, 2.05) is 20.8 Å². The van der Waals surface area contributed by atoms with Gasteiger partial charge in [-0.15, -0.1) is 0 Å². The van der Waals surface area contributed by atoms with Crippen molar-refractivity contribution in [2.75, 3.05) is 6.54 Å². The van der Waals surface area contributed by atoms with Crippen LogP contribution in [0.1, 0.15) is 53.4 Å². The number of aliphatic hydroxyl groups is 2. The molecule has 0 bridgehead atoms. The predicted molar refractivity (Wildman–Crippen MR) is 73.4 cm³/mol. The monoisotopic (exact) mass is 253 g/mol. The van der Waals surface area contributed by atoms with Gasteiger partial charge in [-0.3, -0.25) is 0 Å². The average molecular weight is 253 g/mol. The number of fused-ring (bicyclic) bond motifs is 1. The summed E-state index contributed by atoms with van der Waals surface area (Å²) in [5.41, 5.74) is -1.07. The normalized spacial score (nSPS) is 44.6. The number of rotatable bonds is 0. The highest BCUT2D eigenvalue weighted by atomic mass is 16.4. The van der Waals surface area contributed by atoms with Crippen LogP contribution in [0.25, 0.3) is 0 Å². The lowest BCUT2D eigenvalue weighted by atomic mass is 9.41. The van der Waals surface area contributed by atoms with E-state index in [1.165, 1.54) is 25.8 Å². The summed E-state index contributed by atoms with van der Waals surface area (Å²) in [7, 11) is 0. The first-order valence-electron chi connectivity index (χ1n) is 7.11. The fraction of sp³-hybridized carbons (Fsp3) is 0.867. The molecule has 3 rings (SSSR count). The van der Waals surface area contributed by atoms with Gasteiger partial charge in [0.15, 0.2) is 0 Å².